The first kappa shape index (κ1) is 14.9. The Morgan fingerprint density at radius 1 is 1.00 bits per heavy atom. The molecule has 1 aromatic rings. The van der Waals surface area contributed by atoms with E-state index in [9.17, 15) is 4.79 Å². The second kappa shape index (κ2) is 6.29. The van der Waals surface area contributed by atoms with Crippen LogP contribution in [0.2, 0.25) is 0 Å². The summed E-state index contributed by atoms with van der Waals surface area (Å²) in [4.78, 5) is 11.9. The van der Waals surface area contributed by atoms with Crippen LogP contribution in [0.4, 0.5) is 11.4 Å². The normalized spacial score (nSPS) is 16.8. The molecule has 1 aliphatic carbocycles. The molecule has 2 N–H and O–H groups in total. The van der Waals surface area contributed by atoms with Crippen LogP contribution < -0.4 is 10.6 Å². The quantitative estimate of drug-likeness (QED) is 0.857. The Morgan fingerprint density at radius 3 is 2.10 bits per heavy atom. The average Bonchev–Trinajstić information content (AvgIpc) is 2.41. The van der Waals surface area contributed by atoms with Gasteiger partial charge in [0.25, 0.3) is 0 Å². The molecule has 0 aliphatic heterocycles. The molecular weight excluding hydrogens is 248 g/mol. The molecule has 0 saturated heterocycles. The number of hydrogen-bond donors (Lipinski definition) is 2. The number of anilines is 2. The summed E-state index contributed by atoms with van der Waals surface area (Å²) in [5, 5.41) is 6.52. The summed E-state index contributed by atoms with van der Waals surface area (Å²) >= 11 is 0. The third-order valence-corrected chi connectivity index (χ3v) is 3.80. The zero-order chi connectivity index (χ0) is 14.6. The van der Waals surface area contributed by atoms with Gasteiger partial charge in [0.2, 0.25) is 5.91 Å². The van der Waals surface area contributed by atoms with E-state index < -0.39 is 0 Å². The molecule has 0 aromatic heterocycles. The molecule has 20 heavy (non-hydrogen) atoms. The second-order valence-corrected chi connectivity index (χ2v) is 6.76. The monoisotopic (exact) mass is 274 g/mol. The van der Waals surface area contributed by atoms with Gasteiger partial charge in [-0.3, -0.25) is 4.79 Å². The first-order valence-electron chi connectivity index (χ1n) is 7.63. The van der Waals surface area contributed by atoms with Gasteiger partial charge in [-0.15, -0.1) is 0 Å². The molecular formula is C17H26N2O. The van der Waals surface area contributed by atoms with Crippen molar-refractivity contribution < 1.29 is 4.79 Å². The lowest BCUT2D eigenvalue weighted by molar-refractivity contribution is -0.123. The van der Waals surface area contributed by atoms with Crippen molar-refractivity contribution in [3.05, 3.63) is 24.3 Å². The van der Waals surface area contributed by atoms with E-state index in [2.05, 4.69) is 10.6 Å². The number of rotatable bonds is 3. The van der Waals surface area contributed by atoms with Crippen LogP contribution in [-0.2, 0) is 4.79 Å². The third kappa shape index (κ3) is 4.26. The van der Waals surface area contributed by atoms with Gasteiger partial charge in [0.15, 0.2) is 0 Å². The smallest absolute Gasteiger partial charge is 0.229 e. The maximum atomic E-state index is 11.9. The summed E-state index contributed by atoms with van der Waals surface area (Å²) in [7, 11) is 0. The highest BCUT2D eigenvalue weighted by molar-refractivity contribution is 5.94. The minimum atomic E-state index is -0.362. The first-order chi connectivity index (χ1) is 9.45. The van der Waals surface area contributed by atoms with Crippen LogP contribution in [0.15, 0.2) is 24.3 Å². The summed E-state index contributed by atoms with van der Waals surface area (Å²) < 4.78 is 0. The molecule has 0 spiro atoms. The standard InChI is InChI=1S/C17H26N2O/c1-17(2,3)16(20)19-15-11-9-14(10-12-15)18-13-7-5-4-6-8-13/h9-13,18H,4-8H2,1-3H3,(H,19,20). The molecule has 1 fully saturated rings. The Hall–Kier alpha value is -1.51. The van der Waals surface area contributed by atoms with Crippen molar-refractivity contribution in [3.63, 3.8) is 0 Å². The molecule has 1 amide bonds. The lowest BCUT2D eigenvalue weighted by atomic mass is 9.95. The van der Waals surface area contributed by atoms with Gasteiger partial charge in [0.05, 0.1) is 0 Å². The molecule has 0 heterocycles. The molecule has 0 atom stereocenters. The van der Waals surface area contributed by atoms with Crippen molar-refractivity contribution in [2.24, 2.45) is 5.41 Å². The fourth-order valence-corrected chi connectivity index (χ4v) is 2.45. The molecule has 0 radical (unpaired) electrons. The van der Waals surface area contributed by atoms with E-state index in [1.54, 1.807) is 0 Å². The fourth-order valence-electron chi connectivity index (χ4n) is 2.45. The molecule has 2 rings (SSSR count). The van der Waals surface area contributed by atoms with Crippen LogP contribution in [0.1, 0.15) is 52.9 Å². The third-order valence-electron chi connectivity index (χ3n) is 3.80. The second-order valence-electron chi connectivity index (χ2n) is 6.76. The number of nitrogens with one attached hydrogen (secondary N) is 2. The van der Waals surface area contributed by atoms with E-state index in [0.717, 1.165) is 11.4 Å². The molecule has 1 aromatic carbocycles. The van der Waals surface area contributed by atoms with Crippen molar-refractivity contribution in [1.29, 1.82) is 0 Å². The topological polar surface area (TPSA) is 41.1 Å². The lowest BCUT2D eigenvalue weighted by Gasteiger charge is -2.24. The molecule has 0 bridgehead atoms. The molecule has 0 unspecified atom stereocenters. The van der Waals surface area contributed by atoms with Crippen LogP contribution in [0, 0.1) is 5.41 Å². The minimum Gasteiger partial charge on any atom is -0.382 e. The Bertz CT molecular complexity index is 439. The van der Waals surface area contributed by atoms with E-state index in [-0.39, 0.29) is 11.3 Å². The predicted octanol–water partition coefficient (Wildman–Crippen LogP) is 4.42. The van der Waals surface area contributed by atoms with Crippen LogP contribution >= 0.6 is 0 Å². The number of amides is 1. The van der Waals surface area contributed by atoms with Crippen LogP contribution in [0.5, 0.6) is 0 Å². The Balaban J connectivity index is 1.91. The Morgan fingerprint density at radius 2 is 1.55 bits per heavy atom. The van der Waals surface area contributed by atoms with Gasteiger partial charge in [-0.25, -0.2) is 0 Å². The highest BCUT2D eigenvalue weighted by Gasteiger charge is 2.21. The van der Waals surface area contributed by atoms with Gasteiger partial charge in [0.1, 0.15) is 0 Å². The van der Waals surface area contributed by atoms with Gasteiger partial charge in [-0.1, -0.05) is 40.0 Å². The van der Waals surface area contributed by atoms with Crippen LogP contribution in [-0.4, -0.2) is 11.9 Å². The van der Waals surface area contributed by atoms with Gasteiger partial charge in [-0.05, 0) is 37.1 Å². The molecule has 3 nitrogen and oxygen atoms in total. The van der Waals surface area contributed by atoms with Crippen molar-refractivity contribution in [3.8, 4) is 0 Å². The number of carbonyl (C=O) groups is 1. The summed E-state index contributed by atoms with van der Waals surface area (Å²) in [6.45, 7) is 5.75. The van der Waals surface area contributed by atoms with Crippen molar-refractivity contribution in [1.82, 2.24) is 0 Å². The maximum absolute atomic E-state index is 11.9. The summed E-state index contributed by atoms with van der Waals surface area (Å²) in [6.07, 6.45) is 6.57. The van der Waals surface area contributed by atoms with Crippen molar-refractivity contribution in [2.45, 2.75) is 58.9 Å². The number of carbonyl (C=O) groups excluding carboxylic acids is 1. The van der Waals surface area contributed by atoms with E-state index >= 15 is 0 Å². The molecule has 110 valence electrons. The minimum absolute atomic E-state index is 0.0467. The summed E-state index contributed by atoms with van der Waals surface area (Å²) in [6, 6.07) is 8.64. The van der Waals surface area contributed by atoms with Crippen molar-refractivity contribution >= 4 is 17.3 Å². The highest BCUT2D eigenvalue weighted by Crippen LogP contribution is 2.23. The SMILES string of the molecule is CC(C)(C)C(=O)Nc1ccc(NC2CCCCC2)cc1. The molecule has 3 heteroatoms. The van der Waals surface area contributed by atoms with E-state index in [1.165, 1.54) is 32.1 Å². The zero-order valence-electron chi connectivity index (χ0n) is 12.8. The highest BCUT2D eigenvalue weighted by atomic mass is 16.2. The largest absolute Gasteiger partial charge is 0.382 e. The lowest BCUT2D eigenvalue weighted by Crippen LogP contribution is -2.27. The first-order valence-corrected chi connectivity index (χ1v) is 7.63. The zero-order valence-corrected chi connectivity index (χ0v) is 12.8. The Labute approximate surface area is 122 Å². The molecule has 1 saturated carbocycles. The molecule has 1 aliphatic rings. The van der Waals surface area contributed by atoms with Gasteiger partial charge in [-0.2, -0.15) is 0 Å². The van der Waals surface area contributed by atoms with Crippen LogP contribution in [0.25, 0.3) is 0 Å². The van der Waals surface area contributed by atoms with E-state index in [4.69, 9.17) is 0 Å². The summed E-state index contributed by atoms with van der Waals surface area (Å²) in [5.41, 5.74) is 1.64. The van der Waals surface area contributed by atoms with Gasteiger partial charge < -0.3 is 10.6 Å². The van der Waals surface area contributed by atoms with Crippen molar-refractivity contribution in [2.75, 3.05) is 10.6 Å². The number of benzene rings is 1. The van der Waals surface area contributed by atoms with Gasteiger partial charge in [0, 0.05) is 22.8 Å². The number of hydrogen-bond acceptors (Lipinski definition) is 2. The van der Waals surface area contributed by atoms with E-state index in [0.29, 0.717) is 6.04 Å². The van der Waals surface area contributed by atoms with Gasteiger partial charge >= 0.3 is 0 Å². The van der Waals surface area contributed by atoms with Crippen LogP contribution in [0.3, 0.4) is 0 Å². The van der Waals surface area contributed by atoms with E-state index in [1.807, 2.05) is 45.0 Å². The fraction of sp³-hybridized carbons (Fsp3) is 0.588. The summed E-state index contributed by atoms with van der Waals surface area (Å²) in [5.74, 6) is 0.0467. The Kier molecular flexibility index (Phi) is 4.69. The maximum Gasteiger partial charge on any atom is 0.229 e. The predicted molar refractivity (Wildman–Crippen MR) is 85.0 cm³/mol. The average molecular weight is 274 g/mol.